The first-order valence-electron chi connectivity index (χ1n) is 7.07. The number of amides is 1. The Hall–Kier alpha value is -0.730. The number of hydrogen-bond acceptors (Lipinski definition) is 2. The zero-order valence-corrected chi connectivity index (χ0v) is 10.5. The molecule has 4 saturated carbocycles. The van der Waals surface area contributed by atoms with Crippen LogP contribution in [0.25, 0.3) is 0 Å². The average molecular weight is 237 g/mol. The summed E-state index contributed by atoms with van der Waals surface area (Å²) in [5.41, 5.74) is 5.59. The van der Waals surface area contributed by atoms with Crippen LogP contribution in [-0.4, -0.2) is 12.7 Å². The molecule has 4 rings (SSSR count). The van der Waals surface area contributed by atoms with Crippen molar-refractivity contribution in [2.24, 2.45) is 28.9 Å². The minimum Gasteiger partial charge on any atom is -0.450 e. The predicted molar refractivity (Wildman–Crippen MR) is 65.4 cm³/mol. The maximum absolute atomic E-state index is 10.5. The fourth-order valence-corrected chi connectivity index (χ4v) is 5.22. The lowest BCUT2D eigenvalue weighted by molar-refractivity contribution is -0.0598. The molecule has 3 nitrogen and oxygen atoms in total. The largest absolute Gasteiger partial charge is 0.450 e. The van der Waals surface area contributed by atoms with Crippen molar-refractivity contribution in [3.05, 3.63) is 0 Å². The highest BCUT2D eigenvalue weighted by Gasteiger charge is 2.50. The van der Waals surface area contributed by atoms with Crippen LogP contribution in [-0.2, 0) is 4.74 Å². The molecule has 2 N–H and O–H groups in total. The first-order valence-corrected chi connectivity index (χ1v) is 7.07. The monoisotopic (exact) mass is 237 g/mol. The second-order valence-corrected chi connectivity index (χ2v) is 6.69. The lowest BCUT2D eigenvalue weighted by Crippen LogP contribution is -2.46. The van der Waals surface area contributed by atoms with Crippen molar-refractivity contribution in [3.63, 3.8) is 0 Å². The fraction of sp³-hybridized carbons (Fsp3) is 0.929. The van der Waals surface area contributed by atoms with Gasteiger partial charge >= 0.3 is 6.09 Å². The molecule has 0 unspecified atom stereocenters. The van der Waals surface area contributed by atoms with Gasteiger partial charge in [-0.2, -0.15) is 0 Å². The van der Waals surface area contributed by atoms with Crippen LogP contribution in [0.4, 0.5) is 4.79 Å². The Bertz CT molecular complexity index is 278. The Balaban J connectivity index is 1.53. The van der Waals surface area contributed by atoms with Gasteiger partial charge < -0.3 is 10.5 Å². The summed E-state index contributed by atoms with van der Waals surface area (Å²) < 4.78 is 4.84. The van der Waals surface area contributed by atoms with Gasteiger partial charge in [0.25, 0.3) is 0 Å². The summed E-state index contributed by atoms with van der Waals surface area (Å²) in [6.07, 6.45) is 10.4. The summed E-state index contributed by atoms with van der Waals surface area (Å²) in [6.45, 7) is 0.511. The molecule has 0 aromatic rings. The summed E-state index contributed by atoms with van der Waals surface area (Å²) in [5.74, 6) is 3.04. The molecule has 0 aromatic carbocycles. The standard InChI is InChI=1S/C14H23NO2/c15-13(16)17-3-1-2-14-7-10-4-11(8-14)6-12(5-10)9-14/h10-12H,1-9H2,(H2,15,16). The molecule has 0 heterocycles. The minimum absolute atomic E-state index is 0.511. The zero-order valence-electron chi connectivity index (χ0n) is 10.5. The van der Waals surface area contributed by atoms with E-state index in [0.717, 1.165) is 24.2 Å². The molecule has 1 amide bonds. The Morgan fingerprint density at radius 2 is 1.65 bits per heavy atom. The first-order chi connectivity index (χ1) is 8.15. The van der Waals surface area contributed by atoms with E-state index in [1.54, 1.807) is 0 Å². The van der Waals surface area contributed by atoms with Gasteiger partial charge in [-0.15, -0.1) is 0 Å². The number of nitrogens with two attached hydrogens (primary N) is 1. The molecule has 0 atom stereocenters. The van der Waals surface area contributed by atoms with Crippen LogP contribution in [0.5, 0.6) is 0 Å². The molecule has 0 aromatic heterocycles. The number of ether oxygens (including phenoxy) is 1. The Labute approximate surface area is 103 Å². The molecule has 0 radical (unpaired) electrons. The van der Waals surface area contributed by atoms with Gasteiger partial charge in [-0.25, -0.2) is 4.79 Å². The zero-order chi connectivity index (χ0) is 11.9. The Kier molecular flexibility index (Phi) is 2.80. The van der Waals surface area contributed by atoms with Crippen molar-refractivity contribution in [1.82, 2.24) is 0 Å². The molecule has 0 saturated heterocycles. The predicted octanol–water partition coefficient (Wildman–Crippen LogP) is 3.08. The van der Waals surface area contributed by atoms with Gasteiger partial charge in [0.1, 0.15) is 0 Å². The third-order valence-electron chi connectivity index (χ3n) is 5.26. The summed E-state index contributed by atoms with van der Waals surface area (Å²) in [4.78, 5) is 10.5. The third-order valence-corrected chi connectivity index (χ3v) is 5.26. The van der Waals surface area contributed by atoms with E-state index < -0.39 is 6.09 Å². The smallest absolute Gasteiger partial charge is 0.404 e. The van der Waals surface area contributed by atoms with Crippen LogP contribution < -0.4 is 5.73 Å². The molecular weight excluding hydrogens is 214 g/mol. The number of carbonyl (C=O) groups excluding carboxylic acids is 1. The summed E-state index contributed by atoms with van der Waals surface area (Å²) in [7, 11) is 0. The van der Waals surface area contributed by atoms with Gasteiger partial charge in [-0.05, 0) is 74.5 Å². The van der Waals surface area contributed by atoms with Crippen LogP contribution in [0, 0.1) is 23.2 Å². The fourth-order valence-electron chi connectivity index (χ4n) is 5.22. The molecule has 3 heteroatoms. The van der Waals surface area contributed by atoms with Crippen LogP contribution in [0.3, 0.4) is 0 Å². The van der Waals surface area contributed by atoms with E-state index in [9.17, 15) is 4.79 Å². The van der Waals surface area contributed by atoms with Crippen molar-refractivity contribution >= 4 is 6.09 Å². The van der Waals surface area contributed by atoms with Gasteiger partial charge in [0.2, 0.25) is 0 Å². The third kappa shape index (κ3) is 2.29. The normalized spacial score (nSPS) is 42.7. The van der Waals surface area contributed by atoms with Gasteiger partial charge in [-0.1, -0.05) is 0 Å². The van der Waals surface area contributed by atoms with Gasteiger partial charge in [0.05, 0.1) is 6.61 Å². The molecule has 4 fully saturated rings. The van der Waals surface area contributed by atoms with Crippen LogP contribution in [0.2, 0.25) is 0 Å². The number of rotatable bonds is 4. The lowest BCUT2D eigenvalue weighted by atomic mass is 9.48. The summed E-state index contributed by atoms with van der Waals surface area (Å²) in [5, 5.41) is 0. The van der Waals surface area contributed by atoms with E-state index >= 15 is 0 Å². The number of carbonyl (C=O) groups is 1. The lowest BCUT2D eigenvalue weighted by Gasteiger charge is -2.57. The van der Waals surface area contributed by atoms with Crippen LogP contribution in [0.15, 0.2) is 0 Å². The van der Waals surface area contributed by atoms with Crippen molar-refractivity contribution in [1.29, 1.82) is 0 Å². The van der Waals surface area contributed by atoms with Gasteiger partial charge in [0, 0.05) is 0 Å². The molecule has 4 aliphatic rings. The highest BCUT2D eigenvalue weighted by molar-refractivity contribution is 5.64. The van der Waals surface area contributed by atoms with Gasteiger partial charge in [0.15, 0.2) is 0 Å². The first kappa shape index (κ1) is 11.4. The highest BCUT2D eigenvalue weighted by Crippen LogP contribution is 2.61. The Morgan fingerprint density at radius 3 is 2.12 bits per heavy atom. The molecule has 4 bridgehead atoms. The van der Waals surface area contributed by atoms with E-state index in [1.807, 2.05) is 0 Å². The molecule has 17 heavy (non-hydrogen) atoms. The summed E-state index contributed by atoms with van der Waals surface area (Å²) in [6, 6.07) is 0. The number of primary amides is 1. The molecule has 96 valence electrons. The quantitative estimate of drug-likeness (QED) is 0.764. The molecule has 0 spiro atoms. The second kappa shape index (κ2) is 4.18. The molecular formula is C14H23NO2. The van der Waals surface area contributed by atoms with Crippen molar-refractivity contribution in [2.75, 3.05) is 6.61 Å². The van der Waals surface area contributed by atoms with E-state index in [0.29, 0.717) is 12.0 Å². The topological polar surface area (TPSA) is 52.3 Å². The second-order valence-electron chi connectivity index (χ2n) is 6.69. The van der Waals surface area contributed by atoms with E-state index in [-0.39, 0.29) is 0 Å². The van der Waals surface area contributed by atoms with Crippen molar-refractivity contribution < 1.29 is 9.53 Å². The highest BCUT2D eigenvalue weighted by atomic mass is 16.5. The van der Waals surface area contributed by atoms with Crippen molar-refractivity contribution in [2.45, 2.75) is 51.4 Å². The van der Waals surface area contributed by atoms with E-state index in [2.05, 4.69) is 0 Å². The molecule has 0 aliphatic heterocycles. The molecule has 4 aliphatic carbocycles. The van der Waals surface area contributed by atoms with Crippen LogP contribution >= 0.6 is 0 Å². The van der Waals surface area contributed by atoms with Crippen LogP contribution in [0.1, 0.15) is 51.4 Å². The summed E-state index contributed by atoms with van der Waals surface area (Å²) >= 11 is 0. The van der Waals surface area contributed by atoms with Crippen molar-refractivity contribution in [3.8, 4) is 0 Å². The maximum atomic E-state index is 10.5. The Morgan fingerprint density at radius 1 is 1.12 bits per heavy atom. The average Bonchev–Trinajstić information content (AvgIpc) is 2.22. The maximum Gasteiger partial charge on any atom is 0.404 e. The number of hydrogen-bond donors (Lipinski definition) is 1. The van der Waals surface area contributed by atoms with E-state index in [1.165, 1.54) is 44.9 Å². The van der Waals surface area contributed by atoms with E-state index in [4.69, 9.17) is 10.5 Å². The van der Waals surface area contributed by atoms with Gasteiger partial charge in [-0.3, -0.25) is 0 Å². The SMILES string of the molecule is NC(=O)OCCCC12CC3CC(CC(C3)C1)C2. The minimum atomic E-state index is -0.629.